The van der Waals surface area contributed by atoms with Crippen LogP contribution < -0.4 is 10.3 Å². The van der Waals surface area contributed by atoms with Gasteiger partial charge in [0.15, 0.2) is 5.60 Å². The first-order chi connectivity index (χ1) is 21.9. The van der Waals surface area contributed by atoms with E-state index in [1.165, 1.54) is 32.4 Å². The highest BCUT2D eigenvalue weighted by atomic mass is 16.6. The topological polar surface area (TPSA) is 103 Å². The number of ether oxygens (including phenoxy) is 3. The van der Waals surface area contributed by atoms with Gasteiger partial charge in [0.05, 0.1) is 29.0 Å². The van der Waals surface area contributed by atoms with Gasteiger partial charge in [-0.2, -0.15) is 0 Å². The molecule has 2 fully saturated rings. The molecule has 10 nitrogen and oxygen atoms in total. The van der Waals surface area contributed by atoms with Gasteiger partial charge in [-0.3, -0.25) is 4.79 Å². The Morgan fingerprint density at radius 2 is 1.80 bits per heavy atom. The average molecular weight is 615 g/mol. The number of carbonyl (C=O) groups is 2. The van der Waals surface area contributed by atoms with Crippen LogP contribution in [0.1, 0.15) is 81.5 Å². The first-order valence-corrected chi connectivity index (χ1v) is 16.6. The maximum absolute atomic E-state index is 13.8. The maximum Gasteiger partial charge on any atom is 0.415 e. The first-order valence-electron chi connectivity index (χ1n) is 16.6. The molecule has 0 radical (unpaired) electrons. The van der Waals surface area contributed by atoms with E-state index in [2.05, 4.69) is 11.8 Å². The Morgan fingerprint density at radius 1 is 1.02 bits per heavy atom. The molecule has 3 aromatic rings. The highest BCUT2D eigenvalue weighted by Gasteiger charge is 2.48. The van der Waals surface area contributed by atoms with Crippen LogP contribution >= 0.6 is 0 Å². The number of amides is 1. The molecule has 0 bridgehead atoms. The third kappa shape index (κ3) is 4.93. The van der Waals surface area contributed by atoms with E-state index in [-0.39, 0.29) is 18.3 Å². The second-order valence-corrected chi connectivity index (χ2v) is 12.6. The molecule has 1 atom stereocenters. The number of hydrogen-bond acceptors (Lipinski definition) is 8. The zero-order valence-electron chi connectivity index (χ0n) is 26.5. The third-order valence-corrected chi connectivity index (χ3v) is 10.3. The Labute approximate surface area is 263 Å². The summed E-state index contributed by atoms with van der Waals surface area (Å²) in [7, 11) is 0. The first kappa shape index (κ1) is 29.9. The summed E-state index contributed by atoms with van der Waals surface area (Å²) in [6.07, 6.45) is 6.59. The number of likely N-dealkylation sites (tertiary alicyclic amines) is 2. The van der Waals surface area contributed by atoms with Crippen LogP contribution in [-0.4, -0.2) is 70.2 Å². The Bertz CT molecular complexity index is 1720. The van der Waals surface area contributed by atoms with Crippen molar-refractivity contribution in [3.05, 3.63) is 56.9 Å². The van der Waals surface area contributed by atoms with Crippen molar-refractivity contribution >= 4 is 23.0 Å². The van der Waals surface area contributed by atoms with Crippen molar-refractivity contribution in [1.82, 2.24) is 19.4 Å². The van der Waals surface area contributed by atoms with Crippen molar-refractivity contribution in [2.75, 3.05) is 32.8 Å². The van der Waals surface area contributed by atoms with Gasteiger partial charge in [-0.25, -0.2) is 14.6 Å². The molecule has 1 aromatic carbocycles. The molecule has 2 saturated heterocycles. The minimum Gasteiger partial charge on any atom is -0.458 e. The number of fused-ring (bicyclic) bond motifs is 5. The van der Waals surface area contributed by atoms with Crippen LogP contribution in [0.2, 0.25) is 0 Å². The highest BCUT2D eigenvalue weighted by molar-refractivity contribution is 5.90. The van der Waals surface area contributed by atoms with E-state index in [9.17, 15) is 14.4 Å². The summed E-state index contributed by atoms with van der Waals surface area (Å²) < 4.78 is 19.1. The average Bonchev–Trinajstić information content (AvgIpc) is 3.44. The fourth-order valence-corrected chi connectivity index (χ4v) is 7.94. The molecule has 1 unspecified atom stereocenters. The zero-order valence-corrected chi connectivity index (χ0v) is 26.5. The van der Waals surface area contributed by atoms with Crippen LogP contribution in [-0.2, 0) is 39.4 Å². The second-order valence-electron chi connectivity index (χ2n) is 12.6. The van der Waals surface area contributed by atoms with Gasteiger partial charge in [0.2, 0.25) is 0 Å². The van der Waals surface area contributed by atoms with Crippen molar-refractivity contribution in [3.8, 4) is 17.1 Å². The predicted molar refractivity (Wildman–Crippen MR) is 169 cm³/mol. The van der Waals surface area contributed by atoms with E-state index in [1.807, 2.05) is 36.9 Å². The Kier molecular flexibility index (Phi) is 7.90. The minimum absolute atomic E-state index is 0.0703. The monoisotopic (exact) mass is 614 g/mol. The van der Waals surface area contributed by atoms with Crippen molar-refractivity contribution < 1.29 is 23.8 Å². The normalized spacial score (nSPS) is 21.8. The third-order valence-electron chi connectivity index (χ3n) is 10.3. The molecule has 0 aliphatic carbocycles. The molecule has 238 valence electrons. The number of aryl methyl sites for hydroxylation is 1. The van der Waals surface area contributed by atoms with Gasteiger partial charge in [-0.15, -0.1) is 0 Å². The Balaban J connectivity index is 1.17. The van der Waals surface area contributed by atoms with Gasteiger partial charge in [0.25, 0.3) is 5.56 Å². The van der Waals surface area contributed by atoms with Crippen molar-refractivity contribution in [3.63, 3.8) is 0 Å². The fourth-order valence-electron chi connectivity index (χ4n) is 7.94. The predicted octanol–water partition coefficient (Wildman–Crippen LogP) is 5.14. The Hall–Kier alpha value is -3.76. The van der Waals surface area contributed by atoms with Gasteiger partial charge in [0, 0.05) is 42.3 Å². The molecule has 2 aromatic heterocycles. The molecule has 0 spiro atoms. The number of rotatable bonds is 6. The molecule has 10 heteroatoms. The summed E-state index contributed by atoms with van der Waals surface area (Å²) in [4.78, 5) is 49.5. The number of piperidine rings is 2. The summed E-state index contributed by atoms with van der Waals surface area (Å²) in [5.74, 6) is 0.0291. The molecular formula is C35H42N4O6. The van der Waals surface area contributed by atoms with Gasteiger partial charge >= 0.3 is 12.1 Å². The lowest BCUT2D eigenvalue weighted by Crippen LogP contribution is -2.48. The fraction of sp³-hybridized carbons (Fsp3) is 0.543. The molecule has 0 saturated carbocycles. The molecular weight excluding hydrogens is 572 g/mol. The molecule has 7 rings (SSSR count). The largest absolute Gasteiger partial charge is 0.458 e. The quantitative estimate of drug-likeness (QED) is 0.275. The van der Waals surface area contributed by atoms with E-state index in [4.69, 9.17) is 19.2 Å². The molecule has 1 amide bonds. The number of cyclic esters (lactones) is 1. The number of pyridine rings is 2. The van der Waals surface area contributed by atoms with Crippen LogP contribution in [0.4, 0.5) is 4.79 Å². The van der Waals surface area contributed by atoms with Gasteiger partial charge in [0.1, 0.15) is 12.4 Å². The molecule has 45 heavy (non-hydrogen) atoms. The van der Waals surface area contributed by atoms with E-state index in [0.717, 1.165) is 40.6 Å². The van der Waals surface area contributed by atoms with E-state index >= 15 is 0 Å². The molecule has 4 aliphatic heterocycles. The lowest BCUT2D eigenvalue weighted by molar-refractivity contribution is -0.180. The van der Waals surface area contributed by atoms with Crippen molar-refractivity contribution in [2.45, 2.75) is 90.5 Å². The minimum atomic E-state index is -1.31. The lowest BCUT2D eigenvalue weighted by Gasteiger charge is -2.39. The number of esters is 1. The zero-order chi connectivity index (χ0) is 31.3. The van der Waals surface area contributed by atoms with Gasteiger partial charge in [-0.05, 0) is 88.4 Å². The second kappa shape index (κ2) is 11.9. The molecule has 4 aliphatic rings. The summed E-state index contributed by atoms with van der Waals surface area (Å²) in [6.45, 7) is 10.2. The number of benzene rings is 1. The van der Waals surface area contributed by atoms with E-state index in [1.54, 1.807) is 10.6 Å². The number of aromatic nitrogens is 2. The maximum atomic E-state index is 13.8. The van der Waals surface area contributed by atoms with Crippen molar-refractivity contribution in [2.24, 2.45) is 0 Å². The molecule has 6 heterocycles. The summed E-state index contributed by atoms with van der Waals surface area (Å²) >= 11 is 0. The number of carbonyl (C=O) groups excluding carboxylic acids is 2. The van der Waals surface area contributed by atoms with Crippen molar-refractivity contribution in [1.29, 1.82) is 0 Å². The molecule has 0 N–H and O–H groups in total. The number of hydrogen-bond donors (Lipinski definition) is 0. The number of nitrogens with zero attached hydrogens (tertiary/aromatic N) is 4. The SMILES string of the molecule is CCOC1(CC)C(=O)OCc2c1cc1n(c2=O)Cc2c-1nc1ccc(OC(=O)N3CCC(N4CCCCC4)CC3)cc1c2CC. The standard InChI is InChI=1S/C35H42N4O6/c1-4-24-25-18-23(45-34(42)38-16-12-22(13-17-38)37-14-8-7-9-15-37)10-11-29(25)36-31-26(24)20-39-30(31)19-28-27(32(39)40)21-43-33(41)35(28,5-2)44-6-3/h10-11,18-19,22H,4-9,12-17,20-21H2,1-3H3. The van der Waals surface area contributed by atoms with Gasteiger partial charge < -0.3 is 28.6 Å². The van der Waals surface area contributed by atoms with Crippen LogP contribution in [0.25, 0.3) is 22.3 Å². The summed E-state index contributed by atoms with van der Waals surface area (Å²) in [6, 6.07) is 8.04. The summed E-state index contributed by atoms with van der Waals surface area (Å²) in [5.41, 5.74) is 3.75. The highest BCUT2D eigenvalue weighted by Crippen LogP contribution is 2.42. The lowest BCUT2D eigenvalue weighted by atomic mass is 9.85. The van der Waals surface area contributed by atoms with E-state index < -0.39 is 11.6 Å². The van der Waals surface area contributed by atoms with Crippen LogP contribution in [0, 0.1) is 0 Å². The summed E-state index contributed by atoms with van der Waals surface area (Å²) in [5, 5.41) is 0.909. The van der Waals surface area contributed by atoms with Crippen LogP contribution in [0.3, 0.4) is 0 Å². The van der Waals surface area contributed by atoms with Crippen LogP contribution in [0.15, 0.2) is 29.1 Å². The Morgan fingerprint density at radius 3 is 2.51 bits per heavy atom. The van der Waals surface area contributed by atoms with Crippen LogP contribution in [0.5, 0.6) is 5.75 Å². The van der Waals surface area contributed by atoms with E-state index in [0.29, 0.717) is 67.7 Å². The van der Waals surface area contributed by atoms with Gasteiger partial charge in [-0.1, -0.05) is 20.3 Å². The smallest absolute Gasteiger partial charge is 0.415 e.